The topological polar surface area (TPSA) is 178 Å². The minimum absolute atomic E-state index is 0. The standard InChI is InChI=1S/C19H28N2O4.C19H26N2O3.C14H20N2O2.CH4/c1-19(2,3)25-18(23)21-6-4-15(21)12-24-16-8-14(10-20-11-16)17-9-13(17)5-7-22;1-5-13-9-17(13)14-8-16(11-20-10-14)23-12-15-6-7-21(15)18(22)24-19(2,3)4;17-4-2-10-6-14(10)11-5-13(8-15-7-11)18-9-12-1-3-16-12;/h8,10-11,13,15,17,22H,4-7,9,12H2,1-3H3;5,8,10-11,13,15,17H,1,6-7,9,12H2,2-4H3;5,7-8,10,12,14,16-17H,1-4,6,9H2;1H4/t2*13?,15-,17+;10?,12-,14+;/m000./s1. The molecule has 3 aliphatic heterocycles. The molecule has 15 heteroatoms. The molecule has 3 N–H and O–H groups in total. The molecule has 374 valence electrons. The number of hydrogen-bond donors (Lipinski definition) is 3. The number of amides is 2. The van der Waals surface area contributed by atoms with Gasteiger partial charge in [-0.05, 0) is 170 Å². The highest BCUT2D eigenvalue weighted by Gasteiger charge is 2.40. The van der Waals surface area contributed by atoms with Gasteiger partial charge >= 0.3 is 12.2 Å². The van der Waals surface area contributed by atoms with Crippen LogP contribution in [0.1, 0.15) is 135 Å². The number of pyridine rings is 3. The van der Waals surface area contributed by atoms with Crippen LogP contribution >= 0.6 is 0 Å². The van der Waals surface area contributed by atoms with Gasteiger partial charge in [-0.15, -0.1) is 6.58 Å². The van der Waals surface area contributed by atoms with Crippen molar-refractivity contribution in [2.45, 2.75) is 147 Å². The van der Waals surface area contributed by atoms with Crippen molar-refractivity contribution in [1.82, 2.24) is 30.1 Å². The van der Waals surface area contributed by atoms with E-state index in [2.05, 4.69) is 39.0 Å². The highest BCUT2D eigenvalue weighted by Crippen LogP contribution is 2.51. The number of aromatic nitrogens is 3. The summed E-state index contributed by atoms with van der Waals surface area (Å²) in [4.78, 5) is 40.5. The molecule has 3 saturated heterocycles. The lowest BCUT2D eigenvalue weighted by Gasteiger charge is -2.41. The maximum Gasteiger partial charge on any atom is 0.410 e. The summed E-state index contributed by atoms with van der Waals surface area (Å²) in [6, 6.07) is 6.83. The predicted molar refractivity (Wildman–Crippen MR) is 261 cm³/mol. The van der Waals surface area contributed by atoms with Crippen LogP contribution in [-0.4, -0.2) is 129 Å². The fourth-order valence-corrected chi connectivity index (χ4v) is 8.71. The lowest BCUT2D eigenvalue weighted by atomic mass is 10.1. The number of carbonyl (C=O) groups is 2. The summed E-state index contributed by atoms with van der Waals surface area (Å²) in [6.07, 6.45) is 20.6. The van der Waals surface area contributed by atoms with E-state index < -0.39 is 11.2 Å². The Hall–Kier alpha value is -4.99. The molecule has 6 aliphatic rings. The third kappa shape index (κ3) is 15.3. The highest BCUT2D eigenvalue weighted by molar-refractivity contribution is 5.70. The van der Waals surface area contributed by atoms with Crippen LogP contribution in [0.3, 0.4) is 0 Å². The van der Waals surface area contributed by atoms with Crippen LogP contribution in [0, 0.1) is 17.8 Å². The summed E-state index contributed by atoms with van der Waals surface area (Å²) < 4.78 is 28.3. The molecule has 3 aromatic heterocycles. The number of aliphatic hydroxyl groups excluding tert-OH is 2. The van der Waals surface area contributed by atoms with Gasteiger partial charge in [-0.25, -0.2) is 9.59 Å². The van der Waals surface area contributed by atoms with E-state index in [1.54, 1.807) is 28.4 Å². The molecule has 0 bridgehead atoms. The molecule has 0 radical (unpaired) electrons. The number of nitrogens with one attached hydrogen (secondary N) is 1. The molecular weight excluding hydrogens is 865 g/mol. The van der Waals surface area contributed by atoms with Crippen molar-refractivity contribution in [3.8, 4) is 17.2 Å². The van der Waals surface area contributed by atoms with Gasteiger partial charge in [0.15, 0.2) is 0 Å². The van der Waals surface area contributed by atoms with Gasteiger partial charge in [-0.2, -0.15) is 0 Å². The van der Waals surface area contributed by atoms with E-state index >= 15 is 0 Å². The lowest BCUT2D eigenvalue weighted by Crippen LogP contribution is -2.55. The van der Waals surface area contributed by atoms with Crippen LogP contribution < -0.4 is 19.5 Å². The largest absolute Gasteiger partial charge is 0.490 e. The van der Waals surface area contributed by atoms with Gasteiger partial charge in [0.25, 0.3) is 0 Å². The smallest absolute Gasteiger partial charge is 0.410 e. The maximum absolute atomic E-state index is 12.1. The molecule has 3 unspecified atom stereocenters. The quantitative estimate of drug-likeness (QED) is 0.110. The Morgan fingerprint density at radius 2 is 1.07 bits per heavy atom. The Kier molecular flexibility index (Phi) is 18.1. The first-order valence-corrected chi connectivity index (χ1v) is 24.4. The van der Waals surface area contributed by atoms with Gasteiger partial charge in [0.05, 0.1) is 30.7 Å². The van der Waals surface area contributed by atoms with Gasteiger partial charge in [0.2, 0.25) is 0 Å². The maximum atomic E-state index is 12.1. The molecule has 3 aliphatic carbocycles. The normalized spacial score (nSPS) is 26.2. The summed E-state index contributed by atoms with van der Waals surface area (Å²) in [5.74, 6) is 5.74. The van der Waals surface area contributed by atoms with Crippen molar-refractivity contribution in [1.29, 1.82) is 0 Å². The molecule has 15 nitrogen and oxygen atoms in total. The summed E-state index contributed by atoms with van der Waals surface area (Å²) in [5.41, 5.74) is 2.68. The lowest BCUT2D eigenvalue weighted by molar-refractivity contribution is -0.0149. The van der Waals surface area contributed by atoms with Crippen molar-refractivity contribution in [2.24, 2.45) is 17.8 Å². The van der Waals surface area contributed by atoms with Gasteiger partial charge in [-0.1, -0.05) is 13.5 Å². The Morgan fingerprint density at radius 1 is 0.662 bits per heavy atom. The SMILES string of the molecule is C.C=CC1C[C@H]1c1cncc(OC[C@@H]2CCN2C(=O)OC(C)(C)C)c1.CC(C)(C)OC(=O)N1CC[C@H]1COc1cncc([C@@H]2CC2CCO)c1.OCCC1C[C@H]1c1cncc(OC[C@@H]2CCN2)c1. The Balaban J connectivity index is 0.000000169. The van der Waals surface area contributed by atoms with E-state index in [-0.39, 0.29) is 44.9 Å². The first-order chi connectivity index (χ1) is 32.1. The molecule has 2 amide bonds. The van der Waals surface area contributed by atoms with Crippen molar-refractivity contribution in [3.63, 3.8) is 0 Å². The number of likely N-dealkylation sites (tertiary alicyclic amines) is 2. The fourth-order valence-electron chi connectivity index (χ4n) is 8.71. The summed E-state index contributed by atoms with van der Waals surface area (Å²) in [5, 5.41) is 21.3. The highest BCUT2D eigenvalue weighted by atomic mass is 16.6. The minimum atomic E-state index is -0.480. The van der Waals surface area contributed by atoms with Crippen LogP contribution in [-0.2, 0) is 9.47 Å². The first kappa shape index (κ1) is 52.4. The number of rotatable bonds is 17. The summed E-state index contributed by atoms with van der Waals surface area (Å²) in [7, 11) is 0. The molecule has 3 aromatic rings. The van der Waals surface area contributed by atoms with Crippen LogP contribution in [0.15, 0.2) is 68.0 Å². The van der Waals surface area contributed by atoms with E-state index in [1.807, 2.05) is 72.3 Å². The predicted octanol–water partition coefficient (Wildman–Crippen LogP) is 8.66. The third-order valence-corrected chi connectivity index (χ3v) is 13.3. The number of nitrogens with zero attached hydrogens (tertiary/aromatic N) is 5. The Bertz CT molecular complexity index is 2110. The average Bonchev–Trinajstić information content (AvgIpc) is 4.13. The minimum Gasteiger partial charge on any atom is -0.490 e. The second kappa shape index (κ2) is 23.5. The monoisotopic (exact) mass is 943 g/mol. The molecule has 9 rings (SSSR count). The summed E-state index contributed by atoms with van der Waals surface area (Å²) >= 11 is 0. The van der Waals surface area contributed by atoms with Crippen LogP contribution in [0.5, 0.6) is 17.2 Å². The van der Waals surface area contributed by atoms with Crippen molar-refractivity contribution >= 4 is 12.2 Å². The second-order valence-electron chi connectivity index (χ2n) is 20.9. The second-order valence-corrected chi connectivity index (χ2v) is 20.9. The van der Waals surface area contributed by atoms with Crippen molar-refractivity contribution in [3.05, 3.63) is 84.7 Å². The molecule has 3 saturated carbocycles. The van der Waals surface area contributed by atoms with Gasteiger partial charge in [0.1, 0.15) is 48.3 Å². The number of ether oxygens (including phenoxy) is 5. The van der Waals surface area contributed by atoms with Gasteiger partial charge in [-0.3, -0.25) is 15.0 Å². The molecule has 6 fully saturated rings. The third-order valence-electron chi connectivity index (χ3n) is 13.3. The molecule has 9 atom stereocenters. The van der Waals surface area contributed by atoms with E-state index in [1.165, 1.54) is 29.5 Å². The zero-order chi connectivity index (χ0) is 47.7. The number of hydrogen-bond acceptors (Lipinski definition) is 13. The van der Waals surface area contributed by atoms with E-state index in [4.69, 9.17) is 33.9 Å². The number of allylic oxidation sites excluding steroid dienone is 1. The molecular formula is C53H78N6O9. The fraction of sp³-hybridized carbons (Fsp3) is 0.642. The zero-order valence-corrected chi connectivity index (χ0v) is 40.5. The van der Waals surface area contributed by atoms with Crippen LogP contribution in [0.2, 0.25) is 0 Å². The molecule has 6 heterocycles. The van der Waals surface area contributed by atoms with Crippen molar-refractivity contribution < 1.29 is 43.5 Å². The number of carbonyl (C=O) groups excluding carboxylic acids is 2. The van der Waals surface area contributed by atoms with E-state index in [9.17, 15) is 9.59 Å². The van der Waals surface area contributed by atoms with Crippen LogP contribution in [0.4, 0.5) is 9.59 Å². The van der Waals surface area contributed by atoms with Crippen molar-refractivity contribution in [2.75, 3.05) is 52.7 Å². The average molecular weight is 943 g/mol. The van der Waals surface area contributed by atoms with E-state index in [0.717, 1.165) is 75.5 Å². The summed E-state index contributed by atoms with van der Waals surface area (Å²) in [6.45, 7) is 19.8. The molecule has 0 aromatic carbocycles. The van der Waals surface area contributed by atoms with Gasteiger partial charge < -0.3 is 49.0 Å². The van der Waals surface area contributed by atoms with Gasteiger partial charge in [0, 0.05) is 50.9 Å². The first-order valence-electron chi connectivity index (χ1n) is 24.4. The van der Waals surface area contributed by atoms with E-state index in [0.29, 0.717) is 61.3 Å². The molecule has 0 spiro atoms. The zero-order valence-electron chi connectivity index (χ0n) is 40.5. The number of aliphatic hydroxyl groups is 2. The van der Waals surface area contributed by atoms with Crippen LogP contribution in [0.25, 0.3) is 0 Å². The molecule has 68 heavy (non-hydrogen) atoms. The Labute approximate surface area is 404 Å². The Morgan fingerprint density at radius 3 is 1.40 bits per heavy atom.